The Balaban J connectivity index is 1.34. The van der Waals surface area contributed by atoms with Crippen molar-refractivity contribution in [3.05, 3.63) is 0 Å². The zero-order valence-corrected chi connectivity index (χ0v) is 21.0. The van der Waals surface area contributed by atoms with E-state index < -0.39 is 0 Å². The van der Waals surface area contributed by atoms with E-state index in [9.17, 15) is 0 Å². The van der Waals surface area contributed by atoms with Gasteiger partial charge in [-0.2, -0.15) is 0 Å². The highest BCUT2D eigenvalue weighted by molar-refractivity contribution is 6.44. The van der Waals surface area contributed by atoms with Crippen LogP contribution in [-0.4, -0.2) is 33.9 Å². The van der Waals surface area contributed by atoms with Crippen LogP contribution in [0.15, 0.2) is 0 Å². The maximum atomic E-state index is 5.94. The molecule has 0 N–H and O–H groups in total. The Morgan fingerprint density at radius 2 is 1.00 bits per heavy atom. The minimum Gasteiger partial charge on any atom is -0.370 e. The Bertz CT molecular complexity index is 537. The molecule has 0 radical (unpaired) electrons. The van der Waals surface area contributed by atoms with Crippen LogP contribution in [0.2, 0.25) is 10.1 Å². The lowest BCUT2D eigenvalue weighted by molar-refractivity contribution is 0.182. The van der Waals surface area contributed by atoms with Crippen molar-refractivity contribution in [3.8, 4) is 0 Å². The van der Waals surface area contributed by atoms with E-state index in [4.69, 9.17) is 9.47 Å². The molecule has 5 rings (SSSR count). The van der Waals surface area contributed by atoms with Gasteiger partial charge in [0.1, 0.15) is 0 Å². The van der Waals surface area contributed by atoms with Crippen LogP contribution in [0.25, 0.3) is 0 Å². The van der Waals surface area contributed by atoms with Gasteiger partial charge in [-0.15, -0.1) is 0 Å². The number of hydrogen-bond donors (Lipinski definition) is 0. The highest BCUT2D eigenvalue weighted by atomic mass is 28.2. The summed E-state index contributed by atoms with van der Waals surface area (Å²) in [7, 11) is -0.219. The maximum absolute atomic E-state index is 5.94. The Kier molecular flexibility index (Phi) is 5.74. The molecule has 2 nitrogen and oxygen atoms in total. The van der Waals surface area contributed by atoms with Gasteiger partial charge in [0.15, 0.2) is 0 Å². The van der Waals surface area contributed by atoms with Gasteiger partial charge in [0.2, 0.25) is 0 Å². The molecule has 0 amide bonds. The fourth-order valence-corrected chi connectivity index (χ4v) is 12.6. The molecule has 3 aliphatic heterocycles. The number of hydrogen-bond acceptors (Lipinski definition) is 2. The van der Waals surface area contributed by atoms with Crippen LogP contribution >= 0.6 is 0 Å². The first-order valence-corrected chi connectivity index (χ1v) is 14.6. The Labute approximate surface area is 182 Å². The van der Waals surface area contributed by atoms with Crippen molar-refractivity contribution >= 4 is 9.52 Å². The summed E-state index contributed by atoms with van der Waals surface area (Å²) in [4.78, 5) is 0. The van der Waals surface area contributed by atoms with Gasteiger partial charge in [0.05, 0.1) is 24.4 Å². The summed E-state index contributed by atoms with van der Waals surface area (Å²) in [6.45, 7) is 10.8. The molecule has 2 saturated carbocycles. The van der Waals surface area contributed by atoms with Crippen LogP contribution in [0.1, 0.15) is 105 Å². The van der Waals surface area contributed by atoms with E-state index >= 15 is 0 Å². The van der Waals surface area contributed by atoms with Crippen molar-refractivity contribution in [1.82, 2.24) is 0 Å². The van der Waals surface area contributed by atoms with Crippen molar-refractivity contribution in [3.63, 3.8) is 0 Å². The minimum absolute atomic E-state index is 0.219. The van der Waals surface area contributed by atoms with Crippen LogP contribution in [-0.2, 0) is 9.47 Å². The van der Waals surface area contributed by atoms with Gasteiger partial charge >= 0.3 is 0 Å². The molecule has 0 aromatic carbocycles. The quantitative estimate of drug-likeness (QED) is 0.390. The van der Waals surface area contributed by atoms with E-state index in [1.165, 1.54) is 77.0 Å². The predicted octanol–water partition coefficient (Wildman–Crippen LogP) is 6.27. The van der Waals surface area contributed by atoms with Crippen LogP contribution in [0, 0.1) is 23.7 Å². The standard InChI is InChI=1S/C26H46O2Si/c1-25(2)19(17-11-13-21-23(15-17)27-21)9-7-5-6-8-10-20(26(3,4)29-25)18-12-14-22-24(16-18)28-22/h17-24H,5-16,29H2,1-4H3. The third-order valence-electron chi connectivity index (χ3n) is 9.93. The lowest BCUT2D eigenvalue weighted by Crippen LogP contribution is -2.40. The van der Waals surface area contributed by atoms with Crippen molar-refractivity contribution < 1.29 is 9.47 Å². The number of fused-ring (bicyclic) bond motifs is 2. The third-order valence-corrected chi connectivity index (χ3v) is 12.8. The molecular weight excluding hydrogens is 372 g/mol. The van der Waals surface area contributed by atoms with Crippen LogP contribution in [0.3, 0.4) is 0 Å². The maximum Gasteiger partial charge on any atom is 0.0844 e. The second kappa shape index (κ2) is 7.92. The molecule has 8 atom stereocenters. The molecule has 166 valence electrons. The lowest BCUT2D eigenvalue weighted by atomic mass is 9.72. The summed E-state index contributed by atoms with van der Waals surface area (Å²) in [6.07, 6.45) is 19.8. The molecule has 2 aliphatic carbocycles. The van der Waals surface area contributed by atoms with Crippen molar-refractivity contribution in [2.24, 2.45) is 23.7 Å². The summed E-state index contributed by atoms with van der Waals surface area (Å²) < 4.78 is 11.9. The lowest BCUT2D eigenvalue weighted by Gasteiger charge is -2.48. The normalized spacial score (nSPS) is 50.1. The Hall–Kier alpha value is 0.137. The molecular formula is C26H46O2Si. The highest BCUT2D eigenvalue weighted by Gasteiger charge is 2.51. The summed E-state index contributed by atoms with van der Waals surface area (Å²) in [5.41, 5.74) is 0. The largest absolute Gasteiger partial charge is 0.370 e. The monoisotopic (exact) mass is 418 g/mol. The van der Waals surface area contributed by atoms with E-state index in [2.05, 4.69) is 27.7 Å². The summed E-state index contributed by atoms with van der Waals surface area (Å²) >= 11 is 0. The van der Waals surface area contributed by atoms with Gasteiger partial charge in [-0.3, -0.25) is 0 Å². The molecule has 0 spiro atoms. The number of rotatable bonds is 2. The molecule has 0 aromatic heterocycles. The number of epoxide rings is 2. The van der Waals surface area contributed by atoms with Crippen molar-refractivity contribution in [1.29, 1.82) is 0 Å². The molecule has 8 unspecified atom stereocenters. The summed E-state index contributed by atoms with van der Waals surface area (Å²) in [5, 5.41) is 1.15. The first-order chi connectivity index (χ1) is 13.8. The topological polar surface area (TPSA) is 25.1 Å². The fraction of sp³-hybridized carbons (Fsp3) is 1.00. The zero-order chi connectivity index (χ0) is 20.2. The van der Waals surface area contributed by atoms with E-state index in [1.54, 1.807) is 0 Å². The van der Waals surface area contributed by atoms with Gasteiger partial charge in [0.25, 0.3) is 0 Å². The number of ether oxygens (including phenoxy) is 2. The van der Waals surface area contributed by atoms with E-state index in [0.29, 0.717) is 34.5 Å². The predicted molar refractivity (Wildman–Crippen MR) is 123 cm³/mol. The van der Waals surface area contributed by atoms with Gasteiger partial charge in [-0.05, 0) is 85.1 Å². The summed E-state index contributed by atoms with van der Waals surface area (Å²) in [6, 6.07) is 0. The van der Waals surface area contributed by atoms with Crippen LogP contribution in [0.4, 0.5) is 0 Å². The van der Waals surface area contributed by atoms with Gasteiger partial charge in [-0.1, -0.05) is 53.4 Å². The van der Waals surface area contributed by atoms with Crippen LogP contribution < -0.4 is 0 Å². The zero-order valence-electron chi connectivity index (χ0n) is 19.6. The molecule has 3 saturated heterocycles. The average molecular weight is 419 g/mol. The first kappa shape index (κ1) is 21.0. The fourth-order valence-electron chi connectivity index (χ4n) is 8.65. The van der Waals surface area contributed by atoms with Gasteiger partial charge in [0, 0.05) is 9.52 Å². The second-order valence-corrected chi connectivity index (χ2v) is 16.9. The van der Waals surface area contributed by atoms with Crippen LogP contribution in [0.5, 0.6) is 0 Å². The van der Waals surface area contributed by atoms with E-state index in [-0.39, 0.29) is 9.52 Å². The van der Waals surface area contributed by atoms with Crippen molar-refractivity contribution in [2.45, 2.75) is 139 Å². The molecule has 5 aliphatic rings. The Morgan fingerprint density at radius 1 is 0.552 bits per heavy atom. The highest BCUT2D eigenvalue weighted by Crippen LogP contribution is 2.57. The molecule has 5 fully saturated rings. The smallest absolute Gasteiger partial charge is 0.0844 e. The van der Waals surface area contributed by atoms with Gasteiger partial charge in [-0.25, -0.2) is 0 Å². The first-order valence-electron chi connectivity index (χ1n) is 13.1. The second-order valence-electron chi connectivity index (χ2n) is 12.9. The van der Waals surface area contributed by atoms with Crippen molar-refractivity contribution in [2.75, 3.05) is 0 Å². The third kappa shape index (κ3) is 4.53. The molecule has 0 aromatic rings. The SMILES string of the molecule is CC1(C)[SiH2]C(C)(C)C(C2CCC3OC3C2)CCCCCCC1C1CCC2OC2C1. The van der Waals surface area contributed by atoms with E-state index in [0.717, 1.165) is 23.7 Å². The Morgan fingerprint density at radius 3 is 1.41 bits per heavy atom. The molecule has 29 heavy (non-hydrogen) atoms. The minimum atomic E-state index is -0.219. The van der Waals surface area contributed by atoms with E-state index in [1.807, 2.05) is 0 Å². The molecule has 3 heteroatoms. The average Bonchev–Trinajstić information content (AvgIpc) is 3.55. The summed E-state index contributed by atoms with van der Waals surface area (Å²) in [5.74, 6) is 3.76. The molecule has 3 heterocycles. The molecule has 0 bridgehead atoms. The van der Waals surface area contributed by atoms with Gasteiger partial charge < -0.3 is 9.47 Å².